The van der Waals surface area contributed by atoms with E-state index in [9.17, 15) is 9.59 Å². The van der Waals surface area contributed by atoms with Crippen molar-refractivity contribution in [2.24, 2.45) is 0 Å². The maximum absolute atomic E-state index is 12.9. The Balaban J connectivity index is 1.44. The summed E-state index contributed by atoms with van der Waals surface area (Å²) in [4.78, 5) is 24.2. The molecule has 0 aromatic heterocycles. The van der Waals surface area contributed by atoms with Gasteiger partial charge in [-0.25, -0.2) is 4.79 Å². The molecular weight excluding hydrogens is 516 g/mol. The van der Waals surface area contributed by atoms with Gasteiger partial charge in [0.25, 0.3) is 0 Å². The number of hydrogen-bond acceptors (Lipinski definition) is 6. The Morgan fingerprint density at radius 2 is 1.15 bits per heavy atom. The summed E-state index contributed by atoms with van der Waals surface area (Å²) >= 11 is 0. The van der Waals surface area contributed by atoms with Crippen molar-refractivity contribution in [2.45, 2.75) is 38.5 Å². The minimum absolute atomic E-state index is 0.324. The van der Waals surface area contributed by atoms with Crippen LogP contribution in [0, 0.1) is 0 Å². The molecule has 4 aromatic carbocycles. The summed E-state index contributed by atoms with van der Waals surface area (Å²) in [5.41, 5.74) is 4.60. The summed E-state index contributed by atoms with van der Waals surface area (Å²) in [7, 11) is 3.35. The van der Waals surface area contributed by atoms with E-state index in [-0.39, 0.29) is 11.4 Å². The van der Waals surface area contributed by atoms with Gasteiger partial charge in [-0.3, -0.25) is 4.79 Å². The van der Waals surface area contributed by atoms with Gasteiger partial charge in [0, 0.05) is 26.1 Å². The first-order valence-electron chi connectivity index (χ1n) is 13.6. The maximum Gasteiger partial charge on any atom is 0.343 e. The fraction of sp³-hybridized carbons (Fsp3) is 0.257. The Labute approximate surface area is 241 Å². The highest BCUT2D eigenvalue weighted by atomic mass is 16.5. The minimum Gasteiger partial charge on any atom is -0.497 e. The first kappa shape index (κ1) is 29.6. The lowest BCUT2D eigenvalue weighted by atomic mass is 9.73. The van der Waals surface area contributed by atoms with Crippen LogP contribution in [0.5, 0.6) is 17.2 Å². The molecule has 0 aliphatic heterocycles. The van der Waals surface area contributed by atoms with Gasteiger partial charge in [0.15, 0.2) is 0 Å². The molecule has 0 aliphatic rings. The molecule has 0 bridgehead atoms. The van der Waals surface area contributed by atoms with E-state index in [0.29, 0.717) is 23.7 Å². The molecule has 0 radical (unpaired) electrons. The lowest BCUT2D eigenvalue weighted by Gasteiger charge is -2.31. The van der Waals surface area contributed by atoms with E-state index >= 15 is 0 Å². The predicted octanol–water partition coefficient (Wildman–Crippen LogP) is 7.16. The molecule has 1 unspecified atom stereocenters. The lowest BCUT2D eigenvalue weighted by Crippen LogP contribution is -2.24. The average molecular weight is 553 g/mol. The summed E-state index contributed by atoms with van der Waals surface area (Å²) in [5, 5.41) is 0. The summed E-state index contributed by atoms with van der Waals surface area (Å²) in [5.74, 6) is 1.06. The molecule has 1 atom stereocenters. The topological polar surface area (TPSA) is 71.1 Å². The lowest BCUT2D eigenvalue weighted by molar-refractivity contribution is -0.131. The van der Waals surface area contributed by atoms with Crippen molar-refractivity contribution in [2.75, 3.05) is 20.8 Å². The molecule has 4 aromatic rings. The van der Waals surface area contributed by atoms with Crippen LogP contribution in [0.1, 0.15) is 59.3 Å². The van der Waals surface area contributed by atoms with Crippen molar-refractivity contribution in [1.29, 1.82) is 0 Å². The van der Waals surface area contributed by atoms with Gasteiger partial charge in [-0.1, -0.05) is 55.5 Å². The molecule has 0 heterocycles. The molecule has 212 valence electrons. The summed E-state index contributed by atoms with van der Waals surface area (Å²) in [6, 6.07) is 30.7. The number of methoxy groups -OCH3 is 2. The van der Waals surface area contributed by atoms with Crippen LogP contribution < -0.4 is 14.2 Å². The molecule has 0 N–H and O–H groups in total. The zero-order valence-corrected chi connectivity index (χ0v) is 24.0. The van der Waals surface area contributed by atoms with Crippen molar-refractivity contribution in [3.63, 3.8) is 0 Å². The number of hydrogen-bond donors (Lipinski definition) is 0. The first-order valence-corrected chi connectivity index (χ1v) is 13.6. The van der Waals surface area contributed by atoms with Crippen LogP contribution in [-0.4, -0.2) is 32.8 Å². The second-order valence-electron chi connectivity index (χ2n) is 10.2. The summed E-state index contributed by atoms with van der Waals surface area (Å²) in [6.07, 6.45) is 2.47. The Morgan fingerprint density at radius 1 is 0.659 bits per heavy atom. The molecule has 4 rings (SSSR count). The molecular formula is C35H36O6. The standard InChI is InChI=1S/C35H36O6/c1-25(36)40-32-18-12-29(13-19-32)35(2,22-5-23-38-3)30-14-20-33(21-15-30)41-34(37)28-10-6-26(7-11-28)24-27-8-16-31(39-4)17-9-27/h6-21H,5,22-24H2,1-4H3. The van der Waals surface area contributed by atoms with E-state index in [1.807, 2.05) is 84.9 Å². The largest absolute Gasteiger partial charge is 0.497 e. The van der Waals surface area contributed by atoms with Gasteiger partial charge in [0.1, 0.15) is 17.2 Å². The molecule has 6 nitrogen and oxygen atoms in total. The molecule has 0 amide bonds. The predicted molar refractivity (Wildman–Crippen MR) is 159 cm³/mol. The highest BCUT2D eigenvalue weighted by Crippen LogP contribution is 2.38. The van der Waals surface area contributed by atoms with Crippen LogP contribution in [-0.2, 0) is 21.4 Å². The molecule has 41 heavy (non-hydrogen) atoms. The highest BCUT2D eigenvalue weighted by molar-refractivity contribution is 5.91. The van der Waals surface area contributed by atoms with Crippen LogP contribution in [0.15, 0.2) is 97.1 Å². The van der Waals surface area contributed by atoms with Crippen molar-refractivity contribution in [3.8, 4) is 17.2 Å². The quantitative estimate of drug-likeness (QED) is 0.105. The zero-order valence-electron chi connectivity index (χ0n) is 24.0. The zero-order chi connectivity index (χ0) is 29.2. The van der Waals surface area contributed by atoms with Crippen LogP contribution in [0.3, 0.4) is 0 Å². The van der Waals surface area contributed by atoms with Crippen molar-refractivity contribution < 1.29 is 28.5 Å². The van der Waals surface area contributed by atoms with E-state index in [0.717, 1.165) is 47.3 Å². The SMILES string of the molecule is COCCCC(C)(c1ccc(OC(C)=O)cc1)c1ccc(OC(=O)c2ccc(Cc3ccc(OC)cc3)cc2)cc1. The molecule has 0 saturated heterocycles. The van der Waals surface area contributed by atoms with E-state index in [1.165, 1.54) is 6.92 Å². The average Bonchev–Trinajstić information content (AvgIpc) is 2.98. The van der Waals surface area contributed by atoms with E-state index < -0.39 is 5.97 Å². The Hall–Kier alpha value is -4.42. The number of rotatable bonds is 12. The van der Waals surface area contributed by atoms with Gasteiger partial charge < -0.3 is 18.9 Å². The molecule has 0 fully saturated rings. The third-order valence-electron chi connectivity index (χ3n) is 7.24. The van der Waals surface area contributed by atoms with Gasteiger partial charge in [-0.15, -0.1) is 0 Å². The summed E-state index contributed by atoms with van der Waals surface area (Å²) in [6.45, 7) is 4.21. The van der Waals surface area contributed by atoms with Crippen LogP contribution in [0.2, 0.25) is 0 Å². The van der Waals surface area contributed by atoms with Gasteiger partial charge >= 0.3 is 11.9 Å². The van der Waals surface area contributed by atoms with E-state index in [2.05, 4.69) is 6.92 Å². The highest BCUT2D eigenvalue weighted by Gasteiger charge is 2.29. The fourth-order valence-corrected chi connectivity index (χ4v) is 4.88. The number of ether oxygens (including phenoxy) is 4. The molecule has 0 spiro atoms. The van der Waals surface area contributed by atoms with E-state index in [1.54, 1.807) is 26.4 Å². The molecule has 6 heteroatoms. The van der Waals surface area contributed by atoms with Crippen molar-refractivity contribution in [3.05, 3.63) is 125 Å². The number of carbonyl (C=O) groups excluding carboxylic acids is 2. The number of benzene rings is 4. The minimum atomic E-state index is -0.405. The number of esters is 2. The maximum atomic E-state index is 12.9. The number of carbonyl (C=O) groups is 2. The van der Waals surface area contributed by atoms with Gasteiger partial charge in [-0.05, 0) is 90.0 Å². The fourth-order valence-electron chi connectivity index (χ4n) is 4.88. The smallest absolute Gasteiger partial charge is 0.343 e. The third-order valence-corrected chi connectivity index (χ3v) is 7.24. The van der Waals surface area contributed by atoms with Gasteiger partial charge in [0.05, 0.1) is 12.7 Å². The summed E-state index contributed by atoms with van der Waals surface area (Å²) < 4.78 is 21.4. The van der Waals surface area contributed by atoms with Crippen LogP contribution in [0.25, 0.3) is 0 Å². The van der Waals surface area contributed by atoms with Crippen LogP contribution in [0.4, 0.5) is 0 Å². The Bertz CT molecular complexity index is 1420. The van der Waals surface area contributed by atoms with Gasteiger partial charge in [-0.2, -0.15) is 0 Å². The van der Waals surface area contributed by atoms with E-state index in [4.69, 9.17) is 18.9 Å². The normalized spacial score (nSPS) is 12.3. The second-order valence-corrected chi connectivity index (χ2v) is 10.2. The molecule has 0 aliphatic carbocycles. The monoisotopic (exact) mass is 552 g/mol. The Morgan fingerprint density at radius 3 is 1.63 bits per heavy atom. The van der Waals surface area contributed by atoms with Crippen molar-refractivity contribution >= 4 is 11.9 Å². The Kier molecular flexibility index (Phi) is 9.93. The van der Waals surface area contributed by atoms with Gasteiger partial charge in [0.2, 0.25) is 0 Å². The van der Waals surface area contributed by atoms with Crippen molar-refractivity contribution in [1.82, 2.24) is 0 Å². The third kappa shape index (κ3) is 7.83. The molecule has 0 saturated carbocycles. The second kappa shape index (κ2) is 13.8. The first-order chi connectivity index (χ1) is 19.8. The van der Waals surface area contributed by atoms with Crippen LogP contribution >= 0.6 is 0 Å².